The third-order valence-corrected chi connectivity index (χ3v) is 8.85. The maximum atomic E-state index is 12.8. The van der Waals surface area contributed by atoms with E-state index in [1.54, 1.807) is 29.2 Å². The van der Waals surface area contributed by atoms with Crippen molar-refractivity contribution in [3.05, 3.63) is 65.6 Å². The zero-order chi connectivity index (χ0) is 30.3. The van der Waals surface area contributed by atoms with Gasteiger partial charge in [-0.15, -0.1) is 0 Å². The van der Waals surface area contributed by atoms with Gasteiger partial charge in [0.1, 0.15) is 5.60 Å². The number of carbonyl (C=O) groups is 3. The van der Waals surface area contributed by atoms with Crippen molar-refractivity contribution in [3.63, 3.8) is 0 Å². The smallest absolute Gasteiger partial charge is 0.410 e. The summed E-state index contributed by atoms with van der Waals surface area (Å²) in [5.41, 5.74) is 10.2. The highest BCUT2D eigenvalue weighted by atomic mass is 16.6. The van der Waals surface area contributed by atoms with E-state index in [-0.39, 0.29) is 35.9 Å². The van der Waals surface area contributed by atoms with Crippen LogP contribution in [-0.4, -0.2) is 83.1 Å². The summed E-state index contributed by atoms with van der Waals surface area (Å²) in [6, 6.07) is 11.2. The molecule has 1 aromatic carbocycles. The number of imide groups is 1. The summed E-state index contributed by atoms with van der Waals surface area (Å²) in [5, 5.41) is 3.59. The number of amides is 3. The van der Waals surface area contributed by atoms with Gasteiger partial charge >= 0.3 is 6.09 Å². The van der Waals surface area contributed by atoms with E-state index in [2.05, 4.69) is 22.5 Å². The quantitative estimate of drug-likeness (QED) is 0.447. The Morgan fingerprint density at radius 2 is 1.70 bits per heavy atom. The molecule has 1 saturated heterocycles. The van der Waals surface area contributed by atoms with Crippen LogP contribution in [0.25, 0.3) is 5.57 Å². The Labute approximate surface area is 253 Å². The molecule has 2 saturated carbocycles. The Bertz CT molecular complexity index is 1380. The average molecular weight is 587 g/mol. The number of benzene rings is 1. The summed E-state index contributed by atoms with van der Waals surface area (Å²) < 4.78 is 5.57. The summed E-state index contributed by atoms with van der Waals surface area (Å²) in [5.74, 6) is 0.323. The number of aromatic nitrogens is 1. The molecule has 10 nitrogen and oxygen atoms in total. The third kappa shape index (κ3) is 6.25. The number of anilines is 1. The van der Waals surface area contributed by atoms with Gasteiger partial charge in [0.15, 0.2) is 0 Å². The molecule has 4 aliphatic rings. The van der Waals surface area contributed by atoms with Crippen LogP contribution in [0.15, 0.2) is 48.8 Å². The molecule has 3 fully saturated rings. The monoisotopic (exact) mass is 586 g/mol. The topological polar surface area (TPSA) is 121 Å². The largest absolute Gasteiger partial charge is 0.444 e. The molecule has 2 aliphatic heterocycles. The molecular formula is C33H42N6O4. The average Bonchev–Trinajstić information content (AvgIpc) is 3.79. The molecule has 1 aromatic heterocycles. The van der Waals surface area contributed by atoms with Crippen molar-refractivity contribution in [1.82, 2.24) is 20.1 Å². The van der Waals surface area contributed by atoms with Gasteiger partial charge in [0.2, 0.25) is 0 Å². The lowest BCUT2D eigenvalue weighted by Crippen LogP contribution is -2.50. The maximum Gasteiger partial charge on any atom is 0.410 e. The zero-order valence-electron chi connectivity index (χ0n) is 25.3. The first kappa shape index (κ1) is 29.2. The summed E-state index contributed by atoms with van der Waals surface area (Å²) in [4.78, 5) is 48.4. The van der Waals surface area contributed by atoms with Gasteiger partial charge in [0, 0.05) is 62.8 Å². The minimum Gasteiger partial charge on any atom is -0.444 e. The minimum absolute atomic E-state index is 0.126. The molecule has 0 bridgehead atoms. The first-order valence-electron chi connectivity index (χ1n) is 15.4. The highest BCUT2D eigenvalue weighted by Crippen LogP contribution is 2.39. The van der Waals surface area contributed by atoms with Crippen LogP contribution in [0.4, 0.5) is 10.5 Å². The summed E-state index contributed by atoms with van der Waals surface area (Å²) in [6.45, 7) is 8.60. The molecule has 1 atom stereocenters. The second kappa shape index (κ2) is 11.6. The van der Waals surface area contributed by atoms with E-state index in [1.807, 2.05) is 33.0 Å². The van der Waals surface area contributed by atoms with E-state index in [1.165, 1.54) is 4.90 Å². The number of carbonyl (C=O) groups excluding carboxylic acids is 3. The van der Waals surface area contributed by atoms with E-state index in [4.69, 9.17) is 15.5 Å². The van der Waals surface area contributed by atoms with E-state index in [0.29, 0.717) is 49.8 Å². The fraction of sp³-hybridized carbons (Fsp3) is 0.515. The summed E-state index contributed by atoms with van der Waals surface area (Å²) >= 11 is 0. The molecule has 2 aliphatic carbocycles. The SMILES string of the molecule is CC(C)(C)OC(=O)N1CCN(c2cccnc2/C(=C/N[C@H]2C[C@H](CN3C(=O)c4ccccc4C3=O)C2)C(N)C2CC2)CC1. The predicted octanol–water partition coefficient (Wildman–Crippen LogP) is 3.88. The number of fused-ring (bicyclic) bond motifs is 1. The van der Waals surface area contributed by atoms with Gasteiger partial charge in [-0.1, -0.05) is 12.1 Å². The molecule has 3 heterocycles. The Balaban J connectivity index is 1.10. The van der Waals surface area contributed by atoms with Crippen molar-refractivity contribution in [2.45, 2.75) is 64.1 Å². The molecule has 3 amide bonds. The van der Waals surface area contributed by atoms with Crippen LogP contribution in [0.1, 0.15) is 72.9 Å². The highest BCUT2D eigenvalue weighted by Gasteiger charge is 2.40. The number of hydrogen-bond acceptors (Lipinski definition) is 8. The molecule has 6 rings (SSSR count). The van der Waals surface area contributed by atoms with Gasteiger partial charge in [0.25, 0.3) is 11.8 Å². The lowest BCUT2D eigenvalue weighted by Gasteiger charge is -2.38. The normalized spacial score (nSPS) is 23.2. The van der Waals surface area contributed by atoms with Crippen LogP contribution >= 0.6 is 0 Å². The number of pyridine rings is 1. The van der Waals surface area contributed by atoms with Crippen LogP contribution in [0, 0.1) is 11.8 Å². The summed E-state index contributed by atoms with van der Waals surface area (Å²) in [6.07, 6.45) is 7.55. The van der Waals surface area contributed by atoms with Gasteiger partial charge in [-0.2, -0.15) is 0 Å². The zero-order valence-corrected chi connectivity index (χ0v) is 25.3. The number of nitrogens with two attached hydrogens (primary N) is 1. The second-order valence-corrected chi connectivity index (χ2v) is 13.3. The number of piperazine rings is 1. The Morgan fingerprint density at radius 3 is 2.30 bits per heavy atom. The number of ether oxygens (including phenoxy) is 1. The fourth-order valence-electron chi connectivity index (χ4n) is 6.25. The first-order valence-corrected chi connectivity index (χ1v) is 15.4. The fourth-order valence-corrected chi connectivity index (χ4v) is 6.25. The van der Waals surface area contributed by atoms with E-state index < -0.39 is 5.60 Å². The third-order valence-electron chi connectivity index (χ3n) is 8.85. The maximum absolute atomic E-state index is 12.8. The van der Waals surface area contributed by atoms with Crippen molar-refractivity contribution >= 4 is 29.2 Å². The lowest BCUT2D eigenvalue weighted by molar-refractivity contribution is 0.0240. The molecule has 3 N–H and O–H groups in total. The molecule has 0 radical (unpaired) electrons. The molecular weight excluding hydrogens is 544 g/mol. The summed E-state index contributed by atoms with van der Waals surface area (Å²) in [7, 11) is 0. The molecule has 10 heteroatoms. The lowest BCUT2D eigenvalue weighted by atomic mass is 9.80. The molecule has 228 valence electrons. The van der Waals surface area contributed by atoms with Crippen LogP contribution in [0.3, 0.4) is 0 Å². The number of nitrogens with zero attached hydrogens (tertiary/aromatic N) is 4. The first-order chi connectivity index (χ1) is 20.6. The Morgan fingerprint density at radius 1 is 1.05 bits per heavy atom. The van der Waals surface area contributed by atoms with Crippen molar-refractivity contribution < 1.29 is 19.1 Å². The van der Waals surface area contributed by atoms with Crippen molar-refractivity contribution in [1.29, 1.82) is 0 Å². The highest BCUT2D eigenvalue weighted by molar-refractivity contribution is 6.21. The van der Waals surface area contributed by atoms with E-state index in [0.717, 1.165) is 42.6 Å². The van der Waals surface area contributed by atoms with Crippen LogP contribution in [0.2, 0.25) is 0 Å². The van der Waals surface area contributed by atoms with Gasteiger partial charge < -0.3 is 25.6 Å². The van der Waals surface area contributed by atoms with Crippen LogP contribution in [0.5, 0.6) is 0 Å². The Kier molecular flexibility index (Phi) is 7.89. The molecule has 0 spiro atoms. The number of nitrogens with one attached hydrogen (secondary N) is 1. The van der Waals surface area contributed by atoms with Gasteiger partial charge in [-0.25, -0.2) is 4.79 Å². The second-order valence-electron chi connectivity index (χ2n) is 13.3. The van der Waals surface area contributed by atoms with Crippen molar-refractivity contribution in [2.75, 3.05) is 37.6 Å². The number of rotatable bonds is 8. The van der Waals surface area contributed by atoms with Crippen molar-refractivity contribution in [2.24, 2.45) is 17.6 Å². The van der Waals surface area contributed by atoms with Crippen LogP contribution < -0.4 is 16.0 Å². The standard InChI is InChI=1S/C33H42N6O4/c1-33(2,3)43-32(42)38-15-13-37(14-16-38)27-9-6-12-35-29(27)26(28(34)22-10-11-22)19-36-23-17-21(18-23)20-39-30(40)24-7-4-5-8-25(24)31(39)41/h4-9,12,19,21-23,28,36H,10-11,13-18,20,34H2,1-3H3/b26-19+/t21-,23-,28?. The molecule has 1 unspecified atom stereocenters. The van der Waals surface area contributed by atoms with Gasteiger partial charge in [-0.05, 0) is 82.6 Å². The van der Waals surface area contributed by atoms with Gasteiger partial charge in [-0.3, -0.25) is 19.5 Å². The minimum atomic E-state index is -0.522. The van der Waals surface area contributed by atoms with Crippen LogP contribution in [-0.2, 0) is 4.74 Å². The van der Waals surface area contributed by atoms with Crippen molar-refractivity contribution in [3.8, 4) is 0 Å². The van der Waals surface area contributed by atoms with E-state index >= 15 is 0 Å². The molecule has 43 heavy (non-hydrogen) atoms. The Hall–Kier alpha value is -3.92. The number of hydrogen-bond donors (Lipinski definition) is 2. The predicted molar refractivity (Wildman–Crippen MR) is 164 cm³/mol. The molecule has 2 aromatic rings. The van der Waals surface area contributed by atoms with Gasteiger partial charge in [0.05, 0.1) is 22.5 Å². The van der Waals surface area contributed by atoms with E-state index in [9.17, 15) is 14.4 Å².